The minimum Gasteiger partial charge on any atom is -0.497 e. The SMILES string of the molecule is COc1ccc(C(=O)c2nn(-c3ccccc3)/c(=N\N=C\c3ccccc3Cl)s2)cc1. The molecule has 0 aliphatic carbocycles. The third kappa shape index (κ3) is 4.79. The van der Waals surface area contributed by atoms with Crippen LogP contribution in [0.15, 0.2) is 89.1 Å². The minimum atomic E-state index is -0.200. The first-order valence-electron chi connectivity index (χ1n) is 9.31. The maximum absolute atomic E-state index is 13.0. The Morgan fingerprint density at radius 1 is 1.03 bits per heavy atom. The molecule has 0 aliphatic rings. The molecular formula is C23H17ClN4O2S. The Bertz CT molecular complexity index is 1300. The van der Waals surface area contributed by atoms with E-state index in [1.807, 2.05) is 48.5 Å². The summed E-state index contributed by atoms with van der Waals surface area (Å²) < 4.78 is 6.76. The topological polar surface area (TPSA) is 68.8 Å². The molecule has 6 nitrogen and oxygen atoms in total. The van der Waals surface area contributed by atoms with Crippen LogP contribution in [0.5, 0.6) is 5.75 Å². The highest BCUT2D eigenvalue weighted by Crippen LogP contribution is 2.16. The zero-order valence-electron chi connectivity index (χ0n) is 16.5. The van der Waals surface area contributed by atoms with Gasteiger partial charge in [-0.25, -0.2) is 4.68 Å². The molecule has 31 heavy (non-hydrogen) atoms. The first-order valence-corrected chi connectivity index (χ1v) is 10.5. The molecule has 4 aromatic rings. The molecule has 0 saturated heterocycles. The molecule has 0 spiro atoms. The Balaban J connectivity index is 1.74. The van der Waals surface area contributed by atoms with E-state index in [2.05, 4.69) is 15.3 Å². The number of methoxy groups -OCH3 is 1. The third-order valence-corrected chi connectivity index (χ3v) is 5.59. The molecule has 0 saturated carbocycles. The molecule has 0 aliphatic heterocycles. The highest BCUT2D eigenvalue weighted by Gasteiger charge is 2.16. The van der Waals surface area contributed by atoms with Gasteiger partial charge >= 0.3 is 0 Å². The van der Waals surface area contributed by atoms with Gasteiger partial charge in [-0.3, -0.25) is 4.79 Å². The summed E-state index contributed by atoms with van der Waals surface area (Å²) in [5.74, 6) is 0.480. The number of carbonyl (C=O) groups is 1. The Hall–Kier alpha value is -3.55. The fourth-order valence-corrected chi connectivity index (χ4v) is 3.77. The second kappa shape index (κ2) is 9.51. The van der Waals surface area contributed by atoms with Gasteiger partial charge in [0.15, 0.2) is 5.01 Å². The number of halogens is 1. The Kier molecular flexibility index (Phi) is 6.35. The number of ether oxygens (including phenoxy) is 1. The predicted octanol–water partition coefficient (Wildman–Crippen LogP) is 4.76. The van der Waals surface area contributed by atoms with Crippen LogP contribution >= 0.6 is 22.9 Å². The van der Waals surface area contributed by atoms with Crippen LogP contribution in [0.2, 0.25) is 5.02 Å². The van der Waals surface area contributed by atoms with Crippen LogP contribution in [0.1, 0.15) is 20.9 Å². The molecule has 0 unspecified atom stereocenters. The van der Waals surface area contributed by atoms with Crippen LogP contribution in [0.3, 0.4) is 0 Å². The first kappa shape index (κ1) is 20.7. The lowest BCUT2D eigenvalue weighted by molar-refractivity contribution is 0.103. The van der Waals surface area contributed by atoms with Crippen molar-refractivity contribution >= 4 is 34.9 Å². The first-order chi connectivity index (χ1) is 15.2. The standard InChI is InChI=1S/C23H17ClN4O2S/c1-30-19-13-11-16(12-14-19)21(29)22-27-28(18-8-3-2-4-9-18)23(31-22)26-25-15-17-7-5-6-10-20(17)24/h2-15H,1H3/b25-15+,26-23+. The summed E-state index contributed by atoms with van der Waals surface area (Å²) in [4.78, 5) is 13.4. The molecule has 0 fully saturated rings. The average molecular weight is 449 g/mol. The fraction of sp³-hybridized carbons (Fsp3) is 0.0435. The number of hydrogen-bond donors (Lipinski definition) is 0. The predicted molar refractivity (Wildman–Crippen MR) is 122 cm³/mol. The lowest BCUT2D eigenvalue weighted by Crippen LogP contribution is -2.14. The van der Waals surface area contributed by atoms with Gasteiger partial charge in [-0.15, -0.1) is 5.10 Å². The molecule has 0 bridgehead atoms. The van der Waals surface area contributed by atoms with Crippen molar-refractivity contribution in [3.8, 4) is 11.4 Å². The van der Waals surface area contributed by atoms with Gasteiger partial charge in [0, 0.05) is 16.1 Å². The molecule has 4 rings (SSSR count). The Morgan fingerprint density at radius 3 is 2.45 bits per heavy atom. The number of hydrogen-bond acceptors (Lipinski definition) is 6. The van der Waals surface area contributed by atoms with Crippen molar-refractivity contribution in [1.82, 2.24) is 9.78 Å². The summed E-state index contributed by atoms with van der Waals surface area (Å²) in [6.07, 6.45) is 1.57. The Morgan fingerprint density at radius 2 is 1.74 bits per heavy atom. The summed E-state index contributed by atoms with van der Waals surface area (Å²) >= 11 is 7.33. The maximum atomic E-state index is 13.0. The summed E-state index contributed by atoms with van der Waals surface area (Å²) in [5, 5.41) is 13.9. The minimum absolute atomic E-state index is 0.200. The van der Waals surface area contributed by atoms with Crippen molar-refractivity contribution in [2.75, 3.05) is 7.11 Å². The van der Waals surface area contributed by atoms with Gasteiger partial charge in [-0.05, 0) is 42.5 Å². The van der Waals surface area contributed by atoms with Crippen molar-refractivity contribution in [3.05, 3.63) is 105 Å². The number of aromatic nitrogens is 2. The van der Waals surface area contributed by atoms with Crippen LogP contribution in [-0.2, 0) is 0 Å². The average Bonchev–Trinajstić information content (AvgIpc) is 3.24. The number of rotatable bonds is 6. The van der Waals surface area contributed by atoms with Crippen molar-refractivity contribution in [2.45, 2.75) is 0 Å². The molecular weight excluding hydrogens is 432 g/mol. The number of nitrogens with zero attached hydrogens (tertiary/aromatic N) is 4. The van der Waals surface area contributed by atoms with Gasteiger partial charge in [0.2, 0.25) is 10.6 Å². The summed E-state index contributed by atoms with van der Waals surface area (Å²) in [6, 6.07) is 23.7. The molecule has 8 heteroatoms. The van der Waals surface area contributed by atoms with Gasteiger partial charge in [0.25, 0.3) is 0 Å². The lowest BCUT2D eigenvalue weighted by atomic mass is 10.1. The van der Waals surface area contributed by atoms with E-state index in [9.17, 15) is 4.79 Å². The van der Waals surface area contributed by atoms with Crippen molar-refractivity contribution in [1.29, 1.82) is 0 Å². The molecule has 3 aromatic carbocycles. The largest absolute Gasteiger partial charge is 0.497 e. The summed E-state index contributed by atoms with van der Waals surface area (Å²) in [5.41, 5.74) is 2.04. The van der Waals surface area contributed by atoms with Crippen LogP contribution in [0, 0.1) is 0 Å². The van der Waals surface area contributed by atoms with Gasteiger partial charge in [0.05, 0.1) is 19.0 Å². The molecule has 1 heterocycles. The number of para-hydroxylation sites is 1. The number of ketones is 1. The zero-order valence-corrected chi connectivity index (χ0v) is 18.0. The summed E-state index contributed by atoms with van der Waals surface area (Å²) in [7, 11) is 1.58. The quantitative estimate of drug-likeness (QED) is 0.242. The van der Waals surface area contributed by atoms with Gasteiger partial charge in [-0.1, -0.05) is 59.3 Å². The van der Waals surface area contributed by atoms with Crippen molar-refractivity contribution < 1.29 is 9.53 Å². The number of carbonyl (C=O) groups excluding carboxylic acids is 1. The third-order valence-electron chi connectivity index (χ3n) is 4.35. The van der Waals surface area contributed by atoms with Gasteiger partial charge in [0.1, 0.15) is 5.75 Å². The van der Waals surface area contributed by atoms with E-state index in [1.54, 1.807) is 48.3 Å². The molecule has 1 aromatic heterocycles. The van der Waals surface area contributed by atoms with E-state index in [4.69, 9.17) is 16.3 Å². The van der Waals surface area contributed by atoms with Crippen LogP contribution < -0.4 is 9.54 Å². The molecule has 0 N–H and O–H groups in total. The van der Waals surface area contributed by atoms with E-state index in [1.165, 1.54) is 0 Å². The van der Waals surface area contributed by atoms with E-state index in [0.717, 1.165) is 22.6 Å². The van der Waals surface area contributed by atoms with Gasteiger partial charge < -0.3 is 4.74 Å². The maximum Gasteiger partial charge on any atom is 0.233 e. The number of benzene rings is 3. The van der Waals surface area contributed by atoms with Crippen molar-refractivity contribution in [2.24, 2.45) is 10.2 Å². The summed E-state index contributed by atoms with van der Waals surface area (Å²) in [6.45, 7) is 0. The van der Waals surface area contributed by atoms with E-state index in [-0.39, 0.29) is 5.78 Å². The second-order valence-electron chi connectivity index (χ2n) is 6.36. The van der Waals surface area contributed by atoms with Crippen LogP contribution in [-0.4, -0.2) is 28.9 Å². The van der Waals surface area contributed by atoms with E-state index < -0.39 is 0 Å². The molecule has 0 amide bonds. The highest BCUT2D eigenvalue weighted by atomic mass is 35.5. The monoisotopic (exact) mass is 448 g/mol. The van der Waals surface area contributed by atoms with Crippen LogP contribution in [0.25, 0.3) is 5.69 Å². The van der Waals surface area contributed by atoms with Crippen molar-refractivity contribution in [3.63, 3.8) is 0 Å². The normalized spacial score (nSPS) is 11.7. The molecule has 0 radical (unpaired) electrons. The Labute approximate surface area is 187 Å². The lowest BCUT2D eigenvalue weighted by Gasteiger charge is -2.01. The fourth-order valence-electron chi connectivity index (χ4n) is 2.76. The molecule has 154 valence electrons. The van der Waals surface area contributed by atoms with E-state index in [0.29, 0.717) is 26.1 Å². The molecule has 0 atom stereocenters. The second-order valence-corrected chi connectivity index (χ2v) is 7.72. The van der Waals surface area contributed by atoms with Crippen LogP contribution in [0.4, 0.5) is 0 Å². The van der Waals surface area contributed by atoms with E-state index >= 15 is 0 Å². The smallest absolute Gasteiger partial charge is 0.233 e. The highest BCUT2D eigenvalue weighted by molar-refractivity contribution is 7.11. The van der Waals surface area contributed by atoms with Gasteiger partial charge in [-0.2, -0.15) is 10.2 Å². The zero-order chi connectivity index (χ0) is 21.6.